The molecule has 1 saturated heterocycles. The number of methoxy groups -OCH3 is 1. The van der Waals surface area contributed by atoms with Crippen LogP contribution in [0.4, 0.5) is 8.78 Å². The van der Waals surface area contributed by atoms with E-state index >= 15 is 0 Å². The minimum Gasteiger partial charge on any atom is -0.484 e. The van der Waals surface area contributed by atoms with Gasteiger partial charge in [0, 0.05) is 56.6 Å². The Labute approximate surface area is 320 Å². The number of nitrogens with zero attached hydrogens (tertiary/aromatic N) is 2. The second-order valence-electron chi connectivity index (χ2n) is 14.7. The van der Waals surface area contributed by atoms with Gasteiger partial charge >= 0.3 is 5.97 Å². The van der Waals surface area contributed by atoms with E-state index in [1.807, 2.05) is 34.6 Å². The highest BCUT2D eigenvalue weighted by Gasteiger charge is 2.55. The number of nitrogens with one attached hydrogen (secondary N) is 2. The molecule has 2 aliphatic rings. The van der Waals surface area contributed by atoms with Crippen molar-refractivity contribution in [1.82, 2.24) is 14.8 Å². The van der Waals surface area contributed by atoms with Gasteiger partial charge in [0.1, 0.15) is 17.2 Å². The zero-order chi connectivity index (χ0) is 40.1. The van der Waals surface area contributed by atoms with Crippen molar-refractivity contribution in [3.05, 3.63) is 63.1 Å². The normalized spacial score (nSPS) is 20.2. The molecular weight excluding hydrogens is 698 g/mol. The van der Waals surface area contributed by atoms with E-state index in [0.717, 1.165) is 25.3 Å². The van der Waals surface area contributed by atoms with Crippen molar-refractivity contribution in [3.8, 4) is 5.75 Å². The molecule has 3 atom stereocenters. The van der Waals surface area contributed by atoms with Gasteiger partial charge in [-0.2, -0.15) is 0 Å². The molecule has 0 unspecified atom stereocenters. The van der Waals surface area contributed by atoms with E-state index in [-0.39, 0.29) is 56.1 Å². The quantitative estimate of drug-likeness (QED) is 0.0511. The molecule has 2 bridgehead atoms. The van der Waals surface area contributed by atoms with Crippen molar-refractivity contribution >= 4 is 23.7 Å². The van der Waals surface area contributed by atoms with Crippen LogP contribution in [0.1, 0.15) is 153 Å². The molecule has 3 heterocycles. The Bertz CT molecular complexity index is 1690. The van der Waals surface area contributed by atoms with Gasteiger partial charge in [-0.15, -0.1) is 0 Å². The van der Waals surface area contributed by atoms with Crippen LogP contribution in [0.5, 0.6) is 5.75 Å². The minimum atomic E-state index is -0.970. The summed E-state index contributed by atoms with van der Waals surface area (Å²) in [4.78, 5) is 56.2. The SMILES string of the molecule is CC.CCCCCCCCCCCC(=O)OCOc1c2n(cc(C(=O)NCc3ccc(F)cc3F)c1=O)[C@]1(C)CN(C2=O)[C@@H](C)CC[C@]1(C)CC(=N)OC.[HH]. The summed E-state index contributed by atoms with van der Waals surface area (Å²) in [6, 6.07) is 2.73. The summed E-state index contributed by atoms with van der Waals surface area (Å²) in [5.41, 5.74) is -3.05. The van der Waals surface area contributed by atoms with Gasteiger partial charge in [0.25, 0.3) is 11.8 Å². The summed E-state index contributed by atoms with van der Waals surface area (Å²) in [6.45, 7) is 11.2. The number of halogens is 2. The molecule has 2 amide bonds. The molecular formula is C41H62F2N4O7. The number of carbonyl (C=O) groups is 3. The first-order valence-electron chi connectivity index (χ1n) is 19.5. The smallest absolute Gasteiger partial charge is 0.308 e. The standard InChI is InChI=1S/C39H54F2N4O7.C2H6.H2/c1-6-7-8-9-10-11-12-13-14-15-32(46)51-25-52-35-33-37(49)44-24-39(4,38(3,19-18-26(44)2)21-31(42)50-5)45(33)23-29(34(35)47)36(48)43-22-27-16-17-28(40)20-30(27)41;1-2;/h16-17,20,23,26,42H,6-15,18-19,21-22,24-25H2,1-5H3,(H,43,48);1-2H3;1H/t26-,38+,39+;;/m0../s1. The number of ether oxygens (including phenoxy) is 3. The molecule has 0 aliphatic carbocycles. The molecule has 2 N–H and O–H groups in total. The first kappa shape index (κ1) is 44.1. The minimum absolute atomic E-state index is 0. The molecule has 1 fully saturated rings. The van der Waals surface area contributed by atoms with Crippen LogP contribution >= 0.6 is 0 Å². The Morgan fingerprint density at radius 2 is 1.69 bits per heavy atom. The van der Waals surface area contributed by atoms with E-state index in [0.29, 0.717) is 25.3 Å². The predicted molar refractivity (Wildman–Crippen MR) is 206 cm³/mol. The Morgan fingerprint density at radius 1 is 1.04 bits per heavy atom. The lowest BCUT2D eigenvalue weighted by molar-refractivity contribution is -0.150. The van der Waals surface area contributed by atoms with Crippen molar-refractivity contribution < 1.29 is 38.8 Å². The Kier molecular flexibility index (Phi) is 16.7. The highest BCUT2D eigenvalue weighted by Crippen LogP contribution is 2.51. The van der Waals surface area contributed by atoms with Crippen LogP contribution in [-0.4, -0.2) is 59.6 Å². The fourth-order valence-corrected chi connectivity index (χ4v) is 7.33. The van der Waals surface area contributed by atoms with Gasteiger partial charge in [-0.05, 0) is 39.2 Å². The van der Waals surface area contributed by atoms with Gasteiger partial charge in [0.05, 0.1) is 12.6 Å². The number of fused-ring (bicyclic) bond motifs is 4. The van der Waals surface area contributed by atoms with Gasteiger partial charge in [0.15, 0.2) is 11.6 Å². The number of hydrogen-bond acceptors (Lipinski definition) is 8. The molecule has 0 saturated carbocycles. The third kappa shape index (κ3) is 10.5. The van der Waals surface area contributed by atoms with Crippen molar-refractivity contribution in [2.24, 2.45) is 5.41 Å². The van der Waals surface area contributed by atoms with Crippen molar-refractivity contribution in [3.63, 3.8) is 0 Å². The number of pyridine rings is 1. The Morgan fingerprint density at radius 3 is 2.31 bits per heavy atom. The van der Waals surface area contributed by atoms with Gasteiger partial charge < -0.3 is 29.0 Å². The van der Waals surface area contributed by atoms with Crippen molar-refractivity contribution in [2.45, 2.75) is 143 Å². The first-order chi connectivity index (χ1) is 25.8. The van der Waals surface area contributed by atoms with Gasteiger partial charge in [-0.1, -0.05) is 85.1 Å². The average molecular weight is 761 g/mol. The van der Waals surface area contributed by atoms with Crippen molar-refractivity contribution in [2.75, 3.05) is 20.4 Å². The van der Waals surface area contributed by atoms with Crippen molar-refractivity contribution in [1.29, 1.82) is 5.41 Å². The van der Waals surface area contributed by atoms with E-state index in [1.165, 1.54) is 51.5 Å². The van der Waals surface area contributed by atoms with Gasteiger partial charge in [-0.25, -0.2) is 8.78 Å². The summed E-state index contributed by atoms with van der Waals surface area (Å²) >= 11 is 0. The summed E-state index contributed by atoms with van der Waals surface area (Å²) in [6.07, 6.45) is 12.7. The number of hydrogen-bond donors (Lipinski definition) is 2. The molecule has 13 heteroatoms. The summed E-state index contributed by atoms with van der Waals surface area (Å²) in [7, 11) is 1.42. The molecule has 1 aromatic heterocycles. The summed E-state index contributed by atoms with van der Waals surface area (Å²) in [5.74, 6) is -3.91. The largest absolute Gasteiger partial charge is 0.484 e. The number of esters is 1. The highest BCUT2D eigenvalue weighted by molar-refractivity contribution is 5.99. The molecule has 11 nitrogen and oxygen atoms in total. The maximum absolute atomic E-state index is 14.4. The number of carbonyl (C=O) groups excluding carboxylic acids is 3. The fraction of sp³-hybridized carbons (Fsp3) is 0.634. The number of rotatable bonds is 18. The Balaban J connectivity index is 0.00000343. The Hall–Kier alpha value is -4.29. The molecule has 302 valence electrons. The number of amides is 2. The average Bonchev–Trinajstić information content (AvgIpc) is 3.23. The molecule has 4 rings (SSSR count). The topological polar surface area (TPSA) is 140 Å². The lowest BCUT2D eigenvalue weighted by Gasteiger charge is -2.52. The molecule has 2 aliphatic heterocycles. The van der Waals surface area contributed by atoms with Crippen LogP contribution < -0.4 is 15.5 Å². The van der Waals surface area contributed by atoms with E-state index in [1.54, 1.807) is 9.47 Å². The van der Waals surface area contributed by atoms with Gasteiger partial charge in [-0.3, -0.25) is 24.6 Å². The zero-order valence-corrected chi connectivity index (χ0v) is 33.2. The van der Waals surface area contributed by atoms with E-state index in [9.17, 15) is 28.0 Å². The van der Waals surface area contributed by atoms with Crippen LogP contribution in [0, 0.1) is 22.5 Å². The van der Waals surface area contributed by atoms with E-state index in [4.69, 9.17) is 19.6 Å². The molecule has 54 heavy (non-hydrogen) atoms. The molecule has 0 spiro atoms. The third-order valence-corrected chi connectivity index (χ3v) is 11.0. The lowest BCUT2D eigenvalue weighted by Crippen LogP contribution is -2.60. The molecule has 1 aromatic carbocycles. The second-order valence-corrected chi connectivity index (χ2v) is 14.7. The predicted octanol–water partition coefficient (Wildman–Crippen LogP) is 8.50. The summed E-state index contributed by atoms with van der Waals surface area (Å²) < 4.78 is 45.9. The second kappa shape index (κ2) is 20.4. The first-order valence-corrected chi connectivity index (χ1v) is 19.5. The highest BCUT2D eigenvalue weighted by atomic mass is 19.1. The van der Waals surface area contributed by atoms with E-state index in [2.05, 4.69) is 12.2 Å². The molecule has 2 aromatic rings. The van der Waals surface area contributed by atoms with Gasteiger partial charge in [0.2, 0.25) is 18.0 Å². The maximum Gasteiger partial charge on any atom is 0.308 e. The van der Waals surface area contributed by atoms with Crippen LogP contribution in [0.25, 0.3) is 0 Å². The van der Waals surface area contributed by atoms with Crippen LogP contribution in [0.15, 0.2) is 29.2 Å². The monoisotopic (exact) mass is 760 g/mol. The number of benzene rings is 1. The van der Waals surface area contributed by atoms with Crippen LogP contribution in [-0.2, 0) is 26.4 Å². The van der Waals surface area contributed by atoms with Crippen LogP contribution in [0.3, 0.4) is 0 Å². The molecule has 0 radical (unpaired) electrons. The zero-order valence-electron chi connectivity index (χ0n) is 33.2. The fourth-order valence-electron chi connectivity index (χ4n) is 7.33. The number of unbranched alkanes of at least 4 members (excludes halogenated alkanes) is 8. The summed E-state index contributed by atoms with van der Waals surface area (Å²) in [5, 5.41) is 10.9. The maximum atomic E-state index is 14.4. The lowest BCUT2D eigenvalue weighted by atomic mass is 9.66. The third-order valence-electron chi connectivity index (χ3n) is 11.0. The number of aromatic nitrogens is 1. The van der Waals surface area contributed by atoms with E-state index < -0.39 is 58.3 Å². The van der Waals surface area contributed by atoms with Crippen LogP contribution in [0.2, 0.25) is 0 Å².